The molecule has 1 heterocycles. The Morgan fingerprint density at radius 3 is 2.43 bits per heavy atom. The summed E-state index contributed by atoms with van der Waals surface area (Å²) in [6.07, 6.45) is 4.19. The van der Waals surface area contributed by atoms with Gasteiger partial charge in [-0.3, -0.25) is 24.6 Å². The Bertz CT molecular complexity index is 414. The van der Waals surface area contributed by atoms with Crippen molar-refractivity contribution < 1.29 is 14.4 Å². The molecule has 2 fully saturated rings. The zero-order chi connectivity index (χ0) is 15.4. The molecule has 1 aliphatic carbocycles. The number of likely N-dealkylation sites (tertiary alicyclic amines) is 1. The first-order valence-electron chi connectivity index (χ1n) is 7.95. The molecule has 2 rings (SSSR count). The summed E-state index contributed by atoms with van der Waals surface area (Å²) in [6, 6.07) is -0.451. The molecule has 1 N–H and O–H groups in total. The smallest absolute Gasteiger partial charge is 0.247 e. The highest BCUT2D eigenvalue weighted by Gasteiger charge is 2.42. The number of imide groups is 1. The Morgan fingerprint density at radius 2 is 1.86 bits per heavy atom. The van der Waals surface area contributed by atoms with Crippen molar-refractivity contribution in [3.63, 3.8) is 0 Å². The summed E-state index contributed by atoms with van der Waals surface area (Å²) in [6.45, 7) is 5.27. The first kappa shape index (κ1) is 15.9. The molecule has 6 nitrogen and oxygen atoms in total. The van der Waals surface area contributed by atoms with Gasteiger partial charge < -0.3 is 4.90 Å². The van der Waals surface area contributed by atoms with Crippen molar-refractivity contribution in [2.75, 3.05) is 19.6 Å². The lowest BCUT2D eigenvalue weighted by atomic mass is 10.2. The third kappa shape index (κ3) is 3.43. The zero-order valence-electron chi connectivity index (χ0n) is 12.9. The standard InChI is InChI=1S/C15H25N3O3/c1-3-17(4-2)14(20)10-16-12-9-13(19)18(15(12)21)11-7-5-6-8-11/h11-12,16H,3-10H2,1-2H3. The van der Waals surface area contributed by atoms with Crippen molar-refractivity contribution in [3.05, 3.63) is 0 Å². The summed E-state index contributed by atoms with van der Waals surface area (Å²) < 4.78 is 0. The molecule has 0 aromatic heterocycles. The second kappa shape index (κ2) is 7.02. The predicted octanol–water partition coefficient (Wildman–Crippen LogP) is 0.515. The maximum absolute atomic E-state index is 12.3. The maximum atomic E-state index is 12.3. The molecule has 0 aromatic rings. The first-order chi connectivity index (χ1) is 10.1. The van der Waals surface area contributed by atoms with Gasteiger partial charge in [0.05, 0.1) is 19.0 Å². The van der Waals surface area contributed by atoms with Crippen LogP contribution in [0.5, 0.6) is 0 Å². The second-order valence-electron chi connectivity index (χ2n) is 5.74. The SMILES string of the molecule is CCN(CC)C(=O)CNC1CC(=O)N(C2CCCC2)C1=O. The van der Waals surface area contributed by atoms with E-state index in [0.717, 1.165) is 25.7 Å². The third-order valence-electron chi connectivity index (χ3n) is 4.49. The van der Waals surface area contributed by atoms with Crippen molar-refractivity contribution in [2.45, 2.75) is 58.0 Å². The lowest BCUT2D eigenvalue weighted by molar-refractivity contribution is -0.141. The van der Waals surface area contributed by atoms with Crippen LogP contribution in [0, 0.1) is 0 Å². The molecule has 0 aromatic carbocycles. The van der Waals surface area contributed by atoms with Gasteiger partial charge in [0.2, 0.25) is 17.7 Å². The number of amides is 3. The van der Waals surface area contributed by atoms with Crippen molar-refractivity contribution in [1.82, 2.24) is 15.1 Å². The van der Waals surface area contributed by atoms with Gasteiger partial charge in [-0.2, -0.15) is 0 Å². The Labute approximate surface area is 125 Å². The second-order valence-corrected chi connectivity index (χ2v) is 5.74. The molecule has 1 atom stereocenters. The molecule has 1 saturated carbocycles. The summed E-state index contributed by atoms with van der Waals surface area (Å²) in [5, 5.41) is 2.96. The van der Waals surface area contributed by atoms with Crippen LogP contribution in [-0.2, 0) is 14.4 Å². The van der Waals surface area contributed by atoms with Crippen molar-refractivity contribution in [3.8, 4) is 0 Å². The summed E-state index contributed by atoms with van der Waals surface area (Å²) >= 11 is 0. The fourth-order valence-corrected chi connectivity index (χ4v) is 3.26. The van der Waals surface area contributed by atoms with Gasteiger partial charge in [-0.05, 0) is 26.7 Å². The molecule has 0 bridgehead atoms. The van der Waals surface area contributed by atoms with Gasteiger partial charge in [0.1, 0.15) is 0 Å². The molecule has 6 heteroatoms. The van der Waals surface area contributed by atoms with Crippen molar-refractivity contribution in [1.29, 1.82) is 0 Å². The Hall–Kier alpha value is -1.43. The van der Waals surface area contributed by atoms with Crippen LogP contribution in [0.1, 0.15) is 46.0 Å². The van der Waals surface area contributed by atoms with Gasteiger partial charge in [-0.15, -0.1) is 0 Å². The van der Waals surface area contributed by atoms with E-state index in [1.54, 1.807) is 4.90 Å². The van der Waals surface area contributed by atoms with E-state index >= 15 is 0 Å². The minimum Gasteiger partial charge on any atom is -0.342 e. The summed E-state index contributed by atoms with van der Waals surface area (Å²) in [5.74, 6) is -0.279. The topological polar surface area (TPSA) is 69.7 Å². The van der Waals surface area contributed by atoms with Gasteiger partial charge in [0, 0.05) is 19.1 Å². The molecule has 1 unspecified atom stereocenters. The fraction of sp³-hybridized carbons (Fsp3) is 0.800. The number of hydrogen-bond acceptors (Lipinski definition) is 4. The molecule has 2 aliphatic rings. The van der Waals surface area contributed by atoms with E-state index in [1.807, 2.05) is 13.8 Å². The molecule has 1 aliphatic heterocycles. The zero-order valence-corrected chi connectivity index (χ0v) is 12.9. The number of hydrogen-bond donors (Lipinski definition) is 1. The Balaban J connectivity index is 1.89. The van der Waals surface area contributed by atoms with E-state index in [2.05, 4.69) is 5.32 Å². The van der Waals surface area contributed by atoms with E-state index in [0.29, 0.717) is 13.1 Å². The number of carbonyl (C=O) groups is 3. The van der Waals surface area contributed by atoms with Gasteiger partial charge in [0.15, 0.2) is 0 Å². The van der Waals surface area contributed by atoms with Crippen molar-refractivity contribution >= 4 is 17.7 Å². The summed E-state index contributed by atoms with van der Waals surface area (Å²) in [5.41, 5.74) is 0. The van der Waals surface area contributed by atoms with Gasteiger partial charge >= 0.3 is 0 Å². The number of nitrogens with zero attached hydrogens (tertiary/aromatic N) is 2. The van der Waals surface area contributed by atoms with Gasteiger partial charge in [0.25, 0.3) is 0 Å². The quantitative estimate of drug-likeness (QED) is 0.725. The van der Waals surface area contributed by atoms with Crippen LogP contribution in [0.3, 0.4) is 0 Å². The highest BCUT2D eigenvalue weighted by molar-refractivity contribution is 6.06. The fourth-order valence-electron chi connectivity index (χ4n) is 3.26. The number of rotatable bonds is 6. The van der Waals surface area contributed by atoms with E-state index in [1.165, 1.54) is 4.90 Å². The lowest BCUT2D eigenvalue weighted by Gasteiger charge is -2.23. The van der Waals surface area contributed by atoms with Crippen LogP contribution in [0.25, 0.3) is 0 Å². The summed E-state index contributed by atoms with van der Waals surface area (Å²) in [7, 11) is 0. The lowest BCUT2D eigenvalue weighted by Crippen LogP contribution is -2.46. The molecule has 0 spiro atoms. The van der Waals surface area contributed by atoms with Crippen molar-refractivity contribution in [2.24, 2.45) is 0 Å². The molecule has 118 valence electrons. The Kier molecular flexibility index (Phi) is 5.33. The van der Waals surface area contributed by atoms with Crippen LogP contribution >= 0.6 is 0 Å². The number of likely N-dealkylation sites (N-methyl/N-ethyl adjacent to an activating group) is 1. The average Bonchev–Trinajstić information content (AvgIpc) is 3.06. The third-order valence-corrected chi connectivity index (χ3v) is 4.49. The van der Waals surface area contributed by atoms with E-state index in [9.17, 15) is 14.4 Å². The molecular weight excluding hydrogens is 270 g/mol. The average molecular weight is 295 g/mol. The summed E-state index contributed by atoms with van der Waals surface area (Å²) in [4.78, 5) is 39.5. The first-order valence-corrected chi connectivity index (χ1v) is 7.95. The highest BCUT2D eigenvalue weighted by atomic mass is 16.2. The van der Waals surface area contributed by atoms with Crippen LogP contribution in [-0.4, -0.2) is 59.2 Å². The van der Waals surface area contributed by atoms with E-state index in [-0.39, 0.29) is 36.7 Å². The Morgan fingerprint density at radius 1 is 1.24 bits per heavy atom. The van der Waals surface area contributed by atoms with Gasteiger partial charge in [-0.1, -0.05) is 12.8 Å². The van der Waals surface area contributed by atoms with Gasteiger partial charge in [-0.25, -0.2) is 0 Å². The monoisotopic (exact) mass is 295 g/mol. The molecular formula is C15H25N3O3. The van der Waals surface area contributed by atoms with E-state index < -0.39 is 6.04 Å². The highest BCUT2D eigenvalue weighted by Crippen LogP contribution is 2.28. The number of carbonyl (C=O) groups excluding carboxylic acids is 3. The van der Waals surface area contributed by atoms with Crippen LogP contribution < -0.4 is 5.32 Å². The minimum atomic E-state index is -0.530. The minimum absolute atomic E-state index is 0.0282. The van der Waals surface area contributed by atoms with E-state index in [4.69, 9.17) is 0 Å². The predicted molar refractivity (Wildman–Crippen MR) is 78.4 cm³/mol. The van der Waals surface area contributed by atoms with Crippen LogP contribution in [0.4, 0.5) is 0 Å². The maximum Gasteiger partial charge on any atom is 0.247 e. The molecule has 3 amide bonds. The normalized spacial score (nSPS) is 23.1. The molecule has 1 saturated heterocycles. The largest absolute Gasteiger partial charge is 0.342 e. The molecule has 21 heavy (non-hydrogen) atoms. The van der Waals surface area contributed by atoms with Crippen LogP contribution in [0.2, 0.25) is 0 Å². The number of nitrogens with one attached hydrogen (secondary N) is 1. The molecule has 0 radical (unpaired) electrons. The van der Waals surface area contributed by atoms with Crippen LogP contribution in [0.15, 0.2) is 0 Å².